The summed E-state index contributed by atoms with van der Waals surface area (Å²) in [6, 6.07) is 1.84. The number of hydrogen-bond donors (Lipinski definition) is 1. The minimum atomic E-state index is 0.657. The summed E-state index contributed by atoms with van der Waals surface area (Å²) in [6.45, 7) is 2.91. The van der Waals surface area contributed by atoms with E-state index in [4.69, 9.17) is 5.73 Å². The van der Waals surface area contributed by atoms with E-state index < -0.39 is 0 Å². The van der Waals surface area contributed by atoms with E-state index in [1.54, 1.807) is 10.9 Å². The quantitative estimate of drug-likeness (QED) is 0.766. The van der Waals surface area contributed by atoms with E-state index in [1.165, 1.54) is 0 Å². The van der Waals surface area contributed by atoms with Crippen LogP contribution in [0.4, 0.5) is 5.82 Å². The van der Waals surface area contributed by atoms with Crippen molar-refractivity contribution in [3.8, 4) is 11.3 Å². The fraction of sp³-hybridized carbons (Fsp3) is 0.333. The molecule has 0 saturated carbocycles. The van der Waals surface area contributed by atoms with Crippen molar-refractivity contribution in [1.82, 2.24) is 19.6 Å². The molecule has 0 radical (unpaired) electrons. The van der Waals surface area contributed by atoms with Gasteiger partial charge in [-0.05, 0) is 6.92 Å². The van der Waals surface area contributed by atoms with Gasteiger partial charge < -0.3 is 5.73 Å². The normalized spacial score (nSPS) is 10.7. The first-order valence-corrected chi connectivity index (χ1v) is 4.53. The number of rotatable bonds is 2. The number of anilines is 1. The van der Waals surface area contributed by atoms with Crippen LogP contribution in [-0.4, -0.2) is 19.6 Å². The second kappa shape index (κ2) is 3.17. The van der Waals surface area contributed by atoms with Crippen LogP contribution in [0.15, 0.2) is 18.5 Å². The number of hydrogen-bond acceptors (Lipinski definition) is 3. The highest BCUT2D eigenvalue weighted by molar-refractivity contribution is 5.60. The summed E-state index contributed by atoms with van der Waals surface area (Å²) in [5, 5.41) is 8.44. The summed E-state index contributed by atoms with van der Waals surface area (Å²) in [5.74, 6) is 0.657. The van der Waals surface area contributed by atoms with Gasteiger partial charge in [-0.15, -0.1) is 0 Å². The molecule has 2 aromatic heterocycles. The molecule has 2 rings (SSSR count). The molecule has 2 aromatic rings. The van der Waals surface area contributed by atoms with Crippen LogP contribution in [0.2, 0.25) is 0 Å². The van der Waals surface area contributed by atoms with Gasteiger partial charge in [-0.25, -0.2) is 0 Å². The summed E-state index contributed by atoms with van der Waals surface area (Å²) in [7, 11) is 1.82. The molecule has 0 spiro atoms. The third kappa shape index (κ3) is 1.37. The van der Waals surface area contributed by atoms with Crippen molar-refractivity contribution < 1.29 is 0 Å². The number of aryl methyl sites for hydroxylation is 2. The molecule has 0 bridgehead atoms. The maximum atomic E-state index is 5.69. The molecule has 0 atom stereocenters. The van der Waals surface area contributed by atoms with E-state index in [-0.39, 0.29) is 0 Å². The maximum Gasteiger partial charge on any atom is 0.121 e. The molecular weight excluding hydrogens is 178 g/mol. The zero-order chi connectivity index (χ0) is 10.1. The predicted molar refractivity (Wildman–Crippen MR) is 54.5 cm³/mol. The Morgan fingerprint density at radius 3 is 2.79 bits per heavy atom. The molecule has 5 heteroatoms. The second-order valence-electron chi connectivity index (χ2n) is 3.16. The number of aromatic nitrogens is 4. The third-order valence-electron chi connectivity index (χ3n) is 2.17. The highest BCUT2D eigenvalue weighted by Crippen LogP contribution is 2.18. The molecule has 0 aromatic carbocycles. The van der Waals surface area contributed by atoms with E-state index in [1.807, 2.05) is 30.9 Å². The summed E-state index contributed by atoms with van der Waals surface area (Å²) < 4.78 is 3.51. The molecular formula is C9H13N5. The molecule has 2 heterocycles. The van der Waals surface area contributed by atoms with Crippen LogP contribution in [-0.2, 0) is 13.6 Å². The van der Waals surface area contributed by atoms with Crippen LogP contribution >= 0.6 is 0 Å². The van der Waals surface area contributed by atoms with Crippen LogP contribution in [0, 0.1) is 0 Å². The van der Waals surface area contributed by atoms with E-state index in [0.717, 1.165) is 17.8 Å². The van der Waals surface area contributed by atoms with Crippen molar-refractivity contribution in [1.29, 1.82) is 0 Å². The summed E-state index contributed by atoms with van der Waals surface area (Å²) in [4.78, 5) is 0. The zero-order valence-electron chi connectivity index (χ0n) is 8.31. The summed E-state index contributed by atoms with van der Waals surface area (Å²) in [6.07, 6.45) is 3.76. The average Bonchev–Trinajstić information content (AvgIpc) is 2.74. The van der Waals surface area contributed by atoms with Crippen LogP contribution in [0.1, 0.15) is 6.92 Å². The van der Waals surface area contributed by atoms with Crippen LogP contribution < -0.4 is 5.73 Å². The molecule has 0 aliphatic rings. The van der Waals surface area contributed by atoms with Gasteiger partial charge in [0.2, 0.25) is 0 Å². The topological polar surface area (TPSA) is 61.7 Å². The lowest BCUT2D eigenvalue weighted by Crippen LogP contribution is -1.96. The Morgan fingerprint density at radius 2 is 2.29 bits per heavy atom. The van der Waals surface area contributed by atoms with Crippen molar-refractivity contribution >= 4 is 5.82 Å². The second-order valence-corrected chi connectivity index (χ2v) is 3.16. The minimum absolute atomic E-state index is 0.657. The Kier molecular flexibility index (Phi) is 1.99. The van der Waals surface area contributed by atoms with Crippen molar-refractivity contribution in [3.05, 3.63) is 18.5 Å². The lowest BCUT2D eigenvalue weighted by atomic mass is 10.2. The number of nitrogen functional groups attached to an aromatic ring is 1. The van der Waals surface area contributed by atoms with Crippen molar-refractivity contribution in [3.63, 3.8) is 0 Å². The van der Waals surface area contributed by atoms with Gasteiger partial charge in [-0.1, -0.05) is 0 Å². The van der Waals surface area contributed by atoms with Crippen molar-refractivity contribution in [2.45, 2.75) is 13.5 Å². The van der Waals surface area contributed by atoms with Gasteiger partial charge in [0.15, 0.2) is 0 Å². The molecule has 5 nitrogen and oxygen atoms in total. The van der Waals surface area contributed by atoms with Gasteiger partial charge in [0.1, 0.15) is 5.82 Å². The molecule has 0 amide bonds. The van der Waals surface area contributed by atoms with Gasteiger partial charge in [0, 0.05) is 31.4 Å². The Bertz CT molecular complexity index is 420. The SMILES string of the molecule is CCn1cc(-c2cc(N)n(C)n2)cn1. The Balaban J connectivity index is 2.39. The highest BCUT2D eigenvalue weighted by Gasteiger charge is 2.06. The minimum Gasteiger partial charge on any atom is -0.384 e. The molecule has 0 fully saturated rings. The average molecular weight is 191 g/mol. The largest absolute Gasteiger partial charge is 0.384 e. The molecule has 0 saturated heterocycles. The Morgan fingerprint density at radius 1 is 1.50 bits per heavy atom. The first kappa shape index (κ1) is 8.80. The number of nitrogens with two attached hydrogens (primary N) is 1. The molecule has 0 unspecified atom stereocenters. The molecule has 2 N–H and O–H groups in total. The van der Waals surface area contributed by atoms with Gasteiger partial charge in [-0.2, -0.15) is 10.2 Å². The van der Waals surface area contributed by atoms with Gasteiger partial charge >= 0.3 is 0 Å². The standard InChI is InChI=1S/C9H13N5/c1-3-14-6-7(5-11-14)8-4-9(10)13(2)12-8/h4-6H,3,10H2,1-2H3. The monoisotopic (exact) mass is 191 g/mol. The van der Waals surface area contributed by atoms with E-state index in [2.05, 4.69) is 10.2 Å². The summed E-state index contributed by atoms with van der Waals surface area (Å²) in [5.41, 5.74) is 7.56. The van der Waals surface area contributed by atoms with Crippen LogP contribution in [0.25, 0.3) is 11.3 Å². The Labute approximate surface area is 82.1 Å². The first-order valence-electron chi connectivity index (χ1n) is 4.53. The zero-order valence-corrected chi connectivity index (χ0v) is 8.31. The van der Waals surface area contributed by atoms with Crippen LogP contribution in [0.5, 0.6) is 0 Å². The lowest BCUT2D eigenvalue weighted by molar-refractivity contribution is 0.660. The van der Waals surface area contributed by atoms with Gasteiger partial charge in [0.25, 0.3) is 0 Å². The lowest BCUT2D eigenvalue weighted by Gasteiger charge is -1.90. The van der Waals surface area contributed by atoms with Gasteiger partial charge in [0.05, 0.1) is 11.9 Å². The molecule has 14 heavy (non-hydrogen) atoms. The molecule has 74 valence electrons. The number of nitrogens with zero attached hydrogens (tertiary/aromatic N) is 4. The molecule has 0 aliphatic heterocycles. The van der Waals surface area contributed by atoms with Crippen molar-refractivity contribution in [2.75, 3.05) is 5.73 Å². The predicted octanol–water partition coefficient (Wildman–Crippen LogP) is 0.886. The summed E-state index contributed by atoms with van der Waals surface area (Å²) >= 11 is 0. The molecule has 0 aliphatic carbocycles. The maximum absolute atomic E-state index is 5.69. The van der Waals surface area contributed by atoms with E-state index in [9.17, 15) is 0 Å². The van der Waals surface area contributed by atoms with E-state index >= 15 is 0 Å². The van der Waals surface area contributed by atoms with E-state index in [0.29, 0.717) is 5.82 Å². The first-order chi connectivity index (χ1) is 6.70. The van der Waals surface area contributed by atoms with Gasteiger partial charge in [-0.3, -0.25) is 9.36 Å². The fourth-order valence-corrected chi connectivity index (χ4v) is 1.29. The Hall–Kier alpha value is -1.78. The fourth-order valence-electron chi connectivity index (χ4n) is 1.29. The smallest absolute Gasteiger partial charge is 0.121 e. The highest BCUT2D eigenvalue weighted by atomic mass is 15.3. The van der Waals surface area contributed by atoms with Crippen molar-refractivity contribution in [2.24, 2.45) is 7.05 Å². The van der Waals surface area contributed by atoms with Crippen LogP contribution in [0.3, 0.4) is 0 Å². The third-order valence-corrected chi connectivity index (χ3v) is 2.17.